The van der Waals surface area contributed by atoms with E-state index in [2.05, 4.69) is 19.9 Å². The van der Waals surface area contributed by atoms with Gasteiger partial charge in [0.25, 0.3) is 0 Å². The first kappa shape index (κ1) is 18.5. The van der Waals surface area contributed by atoms with Gasteiger partial charge in [-0.15, -0.1) is 0 Å². The molecule has 2 atom stereocenters. The molecule has 144 valence electrons. The van der Waals surface area contributed by atoms with Gasteiger partial charge in [-0.25, -0.2) is 0 Å². The number of allylic oxidation sites excluding steroid dienone is 1. The van der Waals surface area contributed by atoms with Crippen LogP contribution in [0.2, 0.25) is 0 Å². The standard InChI is InChI=1S/C24H26N2O2/c1-24(2)18-11-12-19(20(24)13-18)23(25-14-16-7-3-5-9-21(16)27)26-15-17-8-4-6-10-22(17)28/h3-10,12,14-15,18,20,23,27-28H,11,13H2,1-2H3/b25-14+,26-15+/t18-,20-/m1/s1. The SMILES string of the molecule is CC1(C)[C@@H]2CC=C(C(/N=C/c3ccccc3O)/N=C/c3ccccc3O)[C@H]1C2. The van der Waals surface area contributed by atoms with Gasteiger partial charge in [-0.05, 0) is 59.9 Å². The van der Waals surface area contributed by atoms with Crippen LogP contribution in [0.1, 0.15) is 37.8 Å². The van der Waals surface area contributed by atoms with Gasteiger partial charge in [0.1, 0.15) is 11.5 Å². The molecule has 0 aromatic heterocycles. The number of benzene rings is 2. The van der Waals surface area contributed by atoms with Crippen molar-refractivity contribution in [1.82, 2.24) is 0 Å². The minimum absolute atomic E-state index is 0.205. The summed E-state index contributed by atoms with van der Waals surface area (Å²) in [4.78, 5) is 9.46. The first-order valence-electron chi connectivity index (χ1n) is 9.79. The van der Waals surface area contributed by atoms with E-state index in [0.29, 0.717) is 17.0 Å². The molecule has 4 nitrogen and oxygen atoms in total. The Morgan fingerprint density at radius 2 is 1.46 bits per heavy atom. The van der Waals surface area contributed by atoms with Gasteiger partial charge in [-0.3, -0.25) is 9.98 Å². The minimum atomic E-state index is -0.357. The molecule has 3 aliphatic carbocycles. The molecule has 1 fully saturated rings. The molecule has 0 aliphatic heterocycles. The Hall–Kier alpha value is -2.88. The second-order valence-electron chi connectivity index (χ2n) is 8.29. The number of rotatable bonds is 5. The zero-order valence-corrected chi connectivity index (χ0v) is 16.3. The molecule has 0 spiro atoms. The van der Waals surface area contributed by atoms with Crippen molar-refractivity contribution in [2.24, 2.45) is 27.2 Å². The van der Waals surface area contributed by atoms with Crippen LogP contribution in [-0.2, 0) is 0 Å². The van der Waals surface area contributed by atoms with Crippen LogP contribution in [0.25, 0.3) is 0 Å². The lowest BCUT2D eigenvalue weighted by Gasteiger charge is -2.56. The number of phenols is 2. The van der Waals surface area contributed by atoms with E-state index >= 15 is 0 Å². The quantitative estimate of drug-likeness (QED) is 0.574. The molecule has 0 radical (unpaired) electrons. The zero-order chi connectivity index (χ0) is 19.7. The molecule has 1 saturated carbocycles. The van der Waals surface area contributed by atoms with Gasteiger partial charge in [0.15, 0.2) is 6.17 Å². The number of aromatic hydroxyl groups is 2. The summed E-state index contributed by atoms with van der Waals surface area (Å²) in [7, 11) is 0. The highest BCUT2D eigenvalue weighted by Gasteiger charge is 2.52. The lowest BCUT2D eigenvalue weighted by atomic mass is 9.48. The van der Waals surface area contributed by atoms with Gasteiger partial charge < -0.3 is 10.2 Å². The van der Waals surface area contributed by atoms with Crippen LogP contribution in [0.4, 0.5) is 0 Å². The Labute approximate surface area is 166 Å². The summed E-state index contributed by atoms with van der Waals surface area (Å²) in [6.45, 7) is 4.66. The summed E-state index contributed by atoms with van der Waals surface area (Å²) in [6, 6.07) is 14.3. The molecular formula is C24H26N2O2. The topological polar surface area (TPSA) is 65.2 Å². The monoisotopic (exact) mass is 374 g/mol. The molecule has 0 heterocycles. The van der Waals surface area contributed by atoms with Crippen molar-refractivity contribution in [3.05, 3.63) is 71.3 Å². The Morgan fingerprint density at radius 3 is 1.93 bits per heavy atom. The highest BCUT2D eigenvalue weighted by Crippen LogP contribution is 2.60. The zero-order valence-electron chi connectivity index (χ0n) is 16.3. The van der Waals surface area contributed by atoms with Gasteiger partial charge in [0, 0.05) is 23.6 Å². The van der Waals surface area contributed by atoms with Crippen LogP contribution in [0.5, 0.6) is 11.5 Å². The number of hydrogen-bond donors (Lipinski definition) is 2. The summed E-state index contributed by atoms with van der Waals surface area (Å²) < 4.78 is 0. The molecule has 28 heavy (non-hydrogen) atoms. The van der Waals surface area contributed by atoms with E-state index in [0.717, 1.165) is 12.3 Å². The van der Waals surface area contributed by atoms with Crippen LogP contribution in [0.3, 0.4) is 0 Å². The molecule has 3 aliphatic rings. The van der Waals surface area contributed by atoms with E-state index in [-0.39, 0.29) is 23.1 Å². The smallest absolute Gasteiger partial charge is 0.161 e. The lowest BCUT2D eigenvalue weighted by Crippen LogP contribution is -2.49. The van der Waals surface area contributed by atoms with E-state index < -0.39 is 0 Å². The maximum atomic E-state index is 10.0. The van der Waals surface area contributed by atoms with E-state index in [9.17, 15) is 10.2 Å². The van der Waals surface area contributed by atoms with E-state index in [1.54, 1.807) is 36.7 Å². The van der Waals surface area contributed by atoms with Crippen LogP contribution >= 0.6 is 0 Å². The fourth-order valence-corrected chi connectivity index (χ4v) is 4.39. The van der Waals surface area contributed by atoms with Crippen LogP contribution in [0, 0.1) is 17.3 Å². The third-order valence-electron chi connectivity index (χ3n) is 6.39. The molecular weight excluding hydrogens is 348 g/mol. The highest BCUT2D eigenvalue weighted by molar-refractivity contribution is 5.85. The van der Waals surface area contributed by atoms with Crippen molar-refractivity contribution in [3.63, 3.8) is 0 Å². The maximum Gasteiger partial charge on any atom is 0.161 e. The van der Waals surface area contributed by atoms with Crippen LogP contribution < -0.4 is 0 Å². The molecule has 0 amide bonds. The third-order valence-corrected chi connectivity index (χ3v) is 6.39. The van der Waals surface area contributed by atoms with Gasteiger partial charge >= 0.3 is 0 Å². The largest absolute Gasteiger partial charge is 0.507 e. The average Bonchev–Trinajstić information content (AvgIpc) is 2.70. The van der Waals surface area contributed by atoms with Crippen LogP contribution in [-0.4, -0.2) is 28.8 Å². The number of fused-ring (bicyclic) bond motifs is 1. The highest BCUT2D eigenvalue weighted by atomic mass is 16.3. The number of phenolic OH excluding ortho intramolecular Hbond substituents is 2. The second kappa shape index (κ2) is 7.27. The Kier molecular flexibility index (Phi) is 4.80. The Balaban J connectivity index is 1.66. The third kappa shape index (κ3) is 3.35. The first-order valence-corrected chi connectivity index (χ1v) is 9.79. The number of para-hydroxylation sites is 2. The molecule has 2 N–H and O–H groups in total. The second-order valence-corrected chi connectivity index (χ2v) is 8.29. The molecule has 2 aromatic rings. The minimum Gasteiger partial charge on any atom is -0.507 e. The van der Waals surface area contributed by atoms with Crippen molar-refractivity contribution in [2.45, 2.75) is 32.9 Å². The maximum absolute atomic E-state index is 10.0. The van der Waals surface area contributed by atoms with Gasteiger partial charge in [-0.2, -0.15) is 0 Å². The molecule has 4 heteroatoms. The van der Waals surface area contributed by atoms with Crippen molar-refractivity contribution in [3.8, 4) is 11.5 Å². The van der Waals surface area contributed by atoms with Crippen molar-refractivity contribution >= 4 is 12.4 Å². The number of aliphatic imine (C=N–C) groups is 2. The predicted molar refractivity (Wildman–Crippen MR) is 113 cm³/mol. The summed E-state index contributed by atoms with van der Waals surface area (Å²) in [6.07, 6.45) is 7.58. The molecule has 0 unspecified atom stereocenters. The van der Waals surface area contributed by atoms with Gasteiger partial charge in [-0.1, -0.05) is 44.2 Å². The number of nitrogens with zero attached hydrogens (tertiary/aromatic N) is 2. The van der Waals surface area contributed by atoms with E-state index in [1.165, 1.54) is 12.0 Å². The van der Waals surface area contributed by atoms with Crippen molar-refractivity contribution < 1.29 is 10.2 Å². The summed E-state index contributed by atoms with van der Waals surface area (Å²) in [5, 5.41) is 20.1. The Bertz CT molecular complexity index is 903. The summed E-state index contributed by atoms with van der Waals surface area (Å²) in [5.74, 6) is 1.62. The molecule has 2 aromatic carbocycles. The van der Waals surface area contributed by atoms with Crippen molar-refractivity contribution in [1.29, 1.82) is 0 Å². The fraction of sp³-hybridized carbons (Fsp3) is 0.333. The van der Waals surface area contributed by atoms with E-state index in [1.807, 2.05) is 24.3 Å². The predicted octanol–water partition coefficient (Wildman–Crippen LogP) is 4.95. The molecule has 0 saturated heterocycles. The molecule has 2 bridgehead atoms. The van der Waals surface area contributed by atoms with Gasteiger partial charge in [0.2, 0.25) is 0 Å². The normalized spacial score (nSPS) is 23.2. The van der Waals surface area contributed by atoms with E-state index in [4.69, 9.17) is 9.98 Å². The number of hydrogen-bond acceptors (Lipinski definition) is 4. The van der Waals surface area contributed by atoms with Gasteiger partial charge in [0.05, 0.1) is 0 Å². The molecule has 5 rings (SSSR count). The lowest BCUT2D eigenvalue weighted by molar-refractivity contribution is -0.00938. The Morgan fingerprint density at radius 1 is 0.929 bits per heavy atom. The first-order chi connectivity index (χ1) is 13.5. The van der Waals surface area contributed by atoms with Crippen LogP contribution in [0.15, 0.2) is 70.2 Å². The summed E-state index contributed by atoms with van der Waals surface area (Å²) in [5.41, 5.74) is 2.86. The van der Waals surface area contributed by atoms with Crippen molar-refractivity contribution in [2.75, 3.05) is 0 Å². The summed E-state index contributed by atoms with van der Waals surface area (Å²) >= 11 is 0. The fourth-order valence-electron chi connectivity index (χ4n) is 4.39. The average molecular weight is 374 g/mol.